The third kappa shape index (κ3) is 5.31. The predicted molar refractivity (Wildman–Crippen MR) is 122 cm³/mol. The highest BCUT2D eigenvalue weighted by molar-refractivity contribution is 5.52. The maximum atomic E-state index is 6.00. The fourth-order valence-electron chi connectivity index (χ4n) is 5.16. The zero-order valence-corrected chi connectivity index (χ0v) is 19.4. The fraction of sp³-hybridized carbons (Fsp3) is 0.560. The van der Waals surface area contributed by atoms with Crippen LogP contribution in [0.25, 0.3) is 0 Å². The first kappa shape index (κ1) is 21.9. The monoisotopic (exact) mass is 425 g/mol. The van der Waals surface area contributed by atoms with Crippen LogP contribution in [-0.4, -0.2) is 40.4 Å². The Morgan fingerprint density at radius 1 is 1.10 bits per heavy atom. The zero-order valence-electron chi connectivity index (χ0n) is 19.4. The van der Waals surface area contributed by atoms with Gasteiger partial charge in [-0.25, -0.2) is 0 Å². The number of benzene rings is 1. The Hall–Kier alpha value is -2.31. The molecule has 0 spiro atoms. The summed E-state index contributed by atoms with van der Waals surface area (Å²) in [5.74, 6) is 2.43. The van der Waals surface area contributed by atoms with Crippen LogP contribution in [0.2, 0.25) is 0 Å². The number of piperidine rings is 1. The molecule has 0 amide bonds. The van der Waals surface area contributed by atoms with Crippen LogP contribution >= 0.6 is 0 Å². The van der Waals surface area contributed by atoms with Crippen LogP contribution in [0, 0.1) is 0 Å². The molecule has 2 aliphatic rings. The molecule has 1 aromatic heterocycles. The lowest BCUT2D eigenvalue weighted by atomic mass is 9.78. The largest absolute Gasteiger partial charge is 0.493 e. The minimum absolute atomic E-state index is 0.0667. The van der Waals surface area contributed by atoms with E-state index in [4.69, 9.17) is 14.2 Å². The lowest BCUT2D eigenvalue weighted by molar-refractivity contribution is 0.0557. The molecule has 6 nitrogen and oxygen atoms in total. The summed E-state index contributed by atoms with van der Waals surface area (Å²) in [5.41, 5.74) is 2.48. The summed E-state index contributed by atoms with van der Waals surface area (Å²) >= 11 is 0. The third-order valence-corrected chi connectivity index (χ3v) is 6.02. The van der Waals surface area contributed by atoms with Gasteiger partial charge in [-0.1, -0.05) is 6.07 Å². The Balaban J connectivity index is 1.67. The minimum Gasteiger partial charge on any atom is -0.493 e. The molecule has 2 aromatic rings. The Morgan fingerprint density at radius 2 is 1.81 bits per heavy atom. The van der Waals surface area contributed by atoms with Gasteiger partial charge in [0, 0.05) is 54.2 Å². The van der Waals surface area contributed by atoms with Gasteiger partial charge in [0.2, 0.25) is 6.79 Å². The average Bonchev–Trinajstić information content (AvgIpc) is 3.13. The molecule has 0 unspecified atom stereocenters. The van der Waals surface area contributed by atoms with Crippen LogP contribution in [0.5, 0.6) is 17.2 Å². The first-order chi connectivity index (χ1) is 14.7. The first-order valence-corrected chi connectivity index (χ1v) is 11.2. The van der Waals surface area contributed by atoms with E-state index in [0.717, 1.165) is 48.7 Å². The molecule has 0 bridgehead atoms. The number of rotatable bonds is 7. The summed E-state index contributed by atoms with van der Waals surface area (Å²) in [6, 6.07) is 8.64. The molecular formula is C25H35N3O3. The SMILES string of the molecule is CCOc1cc2c(cc1CN(Cc1cccnc1)C1CC(C)(C)NC(C)(C)C1)OCO2. The fourth-order valence-corrected chi connectivity index (χ4v) is 5.16. The smallest absolute Gasteiger partial charge is 0.231 e. The molecule has 0 saturated carbocycles. The first-order valence-electron chi connectivity index (χ1n) is 11.2. The van der Waals surface area contributed by atoms with Gasteiger partial charge in [-0.3, -0.25) is 9.88 Å². The summed E-state index contributed by atoms with van der Waals surface area (Å²) in [7, 11) is 0. The molecule has 0 aliphatic carbocycles. The number of nitrogens with one attached hydrogen (secondary N) is 1. The molecule has 2 aliphatic heterocycles. The van der Waals surface area contributed by atoms with E-state index in [2.05, 4.69) is 55.0 Å². The number of fused-ring (bicyclic) bond motifs is 1. The van der Waals surface area contributed by atoms with Gasteiger partial charge in [-0.15, -0.1) is 0 Å². The van der Waals surface area contributed by atoms with Crippen molar-refractivity contribution in [2.45, 2.75) is 77.7 Å². The number of aromatic nitrogens is 1. The van der Waals surface area contributed by atoms with E-state index >= 15 is 0 Å². The van der Waals surface area contributed by atoms with E-state index in [1.54, 1.807) is 0 Å². The number of nitrogens with zero attached hydrogens (tertiary/aromatic N) is 2. The summed E-state index contributed by atoms with van der Waals surface area (Å²) in [6.45, 7) is 13.7. The molecule has 31 heavy (non-hydrogen) atoms. The number of hydrogen-bond donors (Lipinski definition) is 1. The van der Waals surface area contributed by atoms with Crippen molar-refractivity contribution in [2.24, 2.45) is 0 Å². The van der Waals surface area contributed by atoms with E-state index in [0.29, 0.717) is 12.6 Å². The quantitative estimate of drug-likeness (QED) is 0.704. The van der Waals surface area contributed by atoms with E-state index in [-0.39, 0.29) is 17.9 Å². The van der Waals surface area contributed by atoms with Crippen LogP contribution in [0.15, 0.2) is 36.7 Å². The van der Waals surface area contributed by atoms with Crippen molar-refractivity contribution in [1.29, 1.82) is 0 Å². The highest BCUT2D eigenvalue weighted by Crippen LogP contribution is 2.40. The number of hydrogen-bond acceptors (Lipinski definition) is 6. The zero-order chi connectivity index (χ0) is 22.1. The van der Waals surface area contributed by atoms with Crippen molar-refractivity contribution in [2.75, 3.05) is 13.4 Å². The van der Waals surface area contributed by atoms with E-state index in [1.165, 1.54) is 5.56 Å². The van der Waals surface area contributed by atoms with E-state index in [9.17, 15) is 0 Å². The lowest BCUT2D eigenvalue weighted by Crippen LogP contribution is -2.62. The molecule has 0 atom stereocenters. The second-order valence-corrected chi connectivity index (χ2v) is 9.97. The Bertz CT molecular complexity index is 882. The maximum Gasteiger partial charge on any atom is 0.231 e. The molecule has 1 saturated heterocycles. The normalized spacial score (nSPS) is 19.5. The molecule has 3 heterocycles. The van der Waals surface area contributed by atoms with Gasteiger partial charge in [0.15, 0.2) is 11.5 Å². The van der Waals surface area contributed by atoms with Gasteiger partial charge in [0.1, 0.15) is 5.75 Å². The lowest BCUT2D eigenvalue weighted by Gasteiger charge is -2.49. The summed E-state index contributed by atoms with van der Waals surface area (Å²) in [5, 5.41) is 3.81. The number of ether oxygens (including phenoxy) is 3. The van der Waals surface area contributed by atoms with Gasteiger partial charge >= 0.3 is 0 Å². The molecule has 4 rings (SSSR count). The van der Waals surface area contributed by atoms with Gasteiger partial charge in [0.25, 0.3) is 0 Å². The molecule has 1 N–H and O–H groups in total. The Morgan fingerprint density at radius 3 is 2.45 bits per heavy atom. The van der Waals surface area contributed by atoms with Crippen LogP contribution in [0.3, 0.4) is 0 Å². The molecule has 6 heteroatoms. The average molecular weight is 426 g/mol. The standard InChI is InChI=1S/C25H35N3O3/c1-6-29-21-11-23-22(30-17-31-23)10-19(21)16-28(15-18-8-7-9-26-14-18)20-12-24(2,3)27-25(4,5)13-20/h7-11,14,20,27H,6,12-13,15-17H2,1-5H3. The van der Waals surface area contributed by atoms with Crippen molar-refractivity contribution in [3.63, 3.8) is 0 Å². The van der Waals surface area contributed by atoms with Gasteiger partial charge in [-0.2, -0.15) is 0 Å². The van der Waals surface area contributed by atoms with Gasteiger partial charge in [-0.05, 0) is 65.2 Å². The predicted octanol–water partition coefficient (Wildman–Crippen LogP) is 4.52. The molecular weight excluding hydrogens is 390 g/mol. The highest BCUT2D eigenvalue weighted by atomic mass is 16.7. The van der Waals surface area contributed by atoms with Gasteiger partial charge in [0.05, 0.1) is 6.61 Å². The topological polar surface area (TPSA) is 55.9 Å². The second kappa shape index (κ2) is 8.67. The molecule has 1 fully saturated rings. The van der Waals surface area contributed by atoms with Crippen molar-refractivity contribution in [1.82, 2.24) is 15.2 Å². The second-order valence-electron chi connectivity index (χ2n) is 9.97. The molecule has 168 valence electrons. The van der Waals surface area contributed by atoms with Crippen molar-refractivity contribution in [3.8, 4) is 17.2 Å². The van der Waals surface area contributed by atoms with E-state index in [1.807, 2.05) is 31.5 Å². The number of pyridine rings is 1. The maximum absolute atomic E-state index is 6.00. The molecule has 1 aromatic carbocycles. The summed E-state index contributed by atoms with van der Waals surface area (Å²) in [6.07, 6.45) is 5.94. The summed E-state index contributed by atoms with van der Waals surface area (Å²) in [4.78, 5) is 6.91. The van der Waals surface area contributed by atoms with E-state index < -0.39 is 0 Å². The summed E-state index contributed by atoms with van der Waals surface area (Å²) < 4.78 is 17.2. The van der Waals surface area contributed by atoms with Crippen LogP contribution in [-0.2, 0) is 13.1 Å². The highest BCUT2D eigenvalue weighted by Gasteiger charge is 2.40. The van der Waals surface area contributed by atoms with Crippen molar-refractivity contribution in [3.05, 3.63) is 47.8 Å². The van der Waals surface area contributed by atoms with Crippen LogP contribution < -0.4 is 19.5 Å². The van der Waals surface area contributed by atoms with Gasteiger partial charge < -0.3 is 19.5 Å². The van der Waals surface area contributed by atoms with Crippen LogP contribution in [0.4, 0.5) is 0 Å². The van der Waals surface area contributed by atoms with Crippen molar-refractivity contribution >= 4 is 0 Å². The Labute approximate surface area is 185 Å². The Kier molecular flexibility index (Phi) is 6.13. The van der Waals surface area contributed by atoms with Crippen molar-refractivity contribution < 1.29 is 14.2 Å². The minimum atomic E-state index is 0.0667. The third-order valence-electron chi connectivity index (χ3n) is 6.02. The van der Waals surface area contributed by atoms with Crippen LogP contribution in [0.1, 0.15) is 58.6 Å². The molecule has 0 radical (unpaired) electrons.